The summed E-state index contributed by atoms with van der Waals surface area (Å²) in [5, 5.41) is 13.1. The second kappa shape index (κ2) is 4.19. The molecule has 1 aromatic carbocycles. The van der Waals surface area contributed by atoms with Crippen molar-refractivity contribution in [2.24, 2.45) is 0 Å². The van der Waals surface area contributed by atoms with Gasteiger partial charge in [-0.05, 0) is 25.5 Å². The van der Waals surface area contributed by atoms with Crippen molar-refractivity contribution in [2.75, 3.05) is 0 Å². The van der Waals surface area contributed by atoms with Crippen LogP contribution in [-0.4, -0.2) is 9.78 Å². The molecule has 1 aromatic heterocycles. The molecule has 0 N–H and O–H groups in total. The summed E-state index contributed by atoms with van der Waals surface area (Å²) < 4.78 is 1.84. The Morgan fingerprint density at radius 2 is 2.06 bits per heavy atom. The van der Waals surface area contributed by atoms with Gasteiger partial charge in [-0.3, -0.25) is 0 Å². The van der Waals surface area contributed by atoms with Crippen molar-refractivity contribution in [3.8, 4) is 11.8 Å². The van der Waals surface area contributed by atoms with E-state index in [1.54, 1.807) is 0 Å². The number of benzene rings is 1. The highest BCUT2D eigenvalue weighted by Gasteiger charge is 2.06. The lowest BCUT2D eigenvalue weighted by molar-refractivity contribution is 0.856. The van der Waals surface area contributed by atoms with Gasteiger partial charge in [0, 0.05) is 11.8 Å². The molecule has 0 aliphatic heterocycles. The molecule has 0 radical (unpaired) electrons. The maximum Gasteiger partial charge on any atom is 0.0674 e. The summed E-state index contributed by atoms with van der Waals surface area (Å²) in [5.74, 6) is 0. The van der Waals surface area contributed by atoms with Crippen molar-refractivity contribution >= 4 is 0 Å². The summed E-state index contributed by atoms with van der Waals surface area (Å²) in [6.07, 6.45) is 2.35. The van der Waals surface area contributed by atoms with Crippen LogP contribution in [0.1, 0.15) is 16.8 Å². The summed E-state index contributed by atoms with van der Waals surface area (Å²) in [5.41, 5.74) is 4.15. The lowest BCUT2D eigenvalue weighted by Gasteiger charge is -2.04. The molecule has 2 rings (SSSR count). The highest BCUT2D eigenvalue weighted by molar-refractivity contribution is 5.40. The third-order valence-electron chi connectivity index (χ3n) is 2.63. The van der Waals surface area contributed by atoms with Crippen molar-refractivity contribution in [2.45, 2.75) is 20.3 Å². The normalized spacial score (nSPS) is 10.1. The van der Waals surface area contributed by atoms with Crippen molar-refractivity contribution in [1.29, 1.82) is 5.26 Å². The molecule has 0 spiro atoms. The number of para-hydroxylation sites is 1. The molecule has 0 bridgehead atoms. The molecule has 0 fully saturated rings. The maximum absolute atomic E-state index is 8.69. The molecule has 2 aromatic rings. The second-order valence-corrected chi connectivity index (χ2v) is 3.81. The predicted molar refractivity (Wildman–Crippen MR) is 62.4 cm³/mol. The molecule has 3 nitrogen and oxygen atoms in total. The van der Waals surface area contributed by atoms with Crippen LogP contribution in [0.15, 0.2) is 30.5 Å². The van der Waals surface area contributed by atoms with Crippen LogP contribution in [0.5, 0.6) is 0 Å². The van der Waals surface area contributed by atoms with Crippen LogP contribution in [0.4, 0.5) is 0 Å². The quantitative estimate of drug-likeness (QED) is 0.766. The van der Waals surface area contributed by atoms with Gasteiger partial charge in [-0.25, -0.2) is 4.68 Å². The SMILES string of the molecule is Cc1ccccc1-n1cc(CC#N)c(C)n1. The Hall–Kier alpha value is -2.08. The standard InChI is InChI=1S/C13H13N3/c1-10-5-3-4-6-13(10)16-9-12(7-8-14)11(2)15-16/h3-6,9H,7H2,1-2H3. The smallest absolute Gasteiger partial charge is 0.0674 e. The number of hydrogen-bond acceptors (Lipinski definition) is 2. The first-order chi connectivity index (χ1) is 7.72. The Morgan fingerprint density at radius 1 is 1.31 bits per heavy atom. The molecule has 80 valence electrons. The van der Waals surface area contributed by atoms with Crippen LogP contribution in [0.2, 0.25) is 0 Å². The van der Waals surface area contributed by atoms with E-state index in [-0.39, 0.29) is 0 Å². The highest BCUT2D eigenvalue weighted by atomic mass is 15.3. The van der Waals surface area contributed by atoms with E-state index in [9.17, 15) is 0 Å². The first kappa shape index (κ1) is 10.4. The molecule has 0 amide bonds. The third kappa shape index (κ3) is 1.82. The number of nitriles is 1. The Bertz CT molecular complexity index is 547. The molecule has 1 heterocycles. The summed E-state index contributed by atoms with van der Waals surface area (Å²) in [6, 6.07) is 10.2. The van der Waals surface area contributed by atoms with E-state index in [0.29, 0.717) is 6.42 Å². The van der Waals surface area contributed by atoms with Gasteiger partial charge < -0.3 is 0 Å². The summed E-state index contributed by atoms with van der Waals surface area (Å²) in [6.45, 7) is 3.98. The minimum atomic E-state index is 0.414. The monoisotopic (exact) mass is 211 g/mol. The zero-order valence-electron chi connectivity index (χ0n) is 9.44. The average Bonchev–Trinajstić information content (AvgIpc) is 2.61. The van der Waals surface area contributed by atoms with Gasteiger partial charge >= 0.3 is 0 Å². The van der Waals surface area contributed by atoms with Crippen molar-refractivity contribution in [3.05, 3.63) is 47.3 Å². The summed E-state index contributed by atoms with van der Waals surface area (Å²) >= 11 is 0. The summed E-state index contributed by atoms with van der Waals surface area (Å²) in [4.78, 5) is 0. The van der Waals surface area contributed by atoms with E-state index < -0.39 is 0 Å². The largest absolute Gasteiger partial charge is 0.240 e. The van der Waals surface area contributed by atoms with Crippen molar-refractivity contribution < 1.29 is 0 Å². The first-order valence-corrected chi connectivity index (χ1v) is 5.20. The molecule has 0 atom stereocenters. The minimum Gasteiger partial charge on any atom is -0.240 e. The van der Waals surface area contributed by atoms with Gasteiger partial charge in [0.15, 0.2) is 0 Å². The van der Waals surface area contributed by atoms with E-state index in [0.717, 1.165) is 16.9 Å². The van der Waals surface area contributed by atoms with E-state index in [4.69, 9.17) is 5.26 Å². The lowest BCUT2D eigenvalue weighted by Crippen LogP contribution is -1.97. The third-order valence-corrected chi connectivity index (χ3v) is 2.63. The van der Waals surface area contributed by atoms with Gasteiger partial charge in [-0.15, -0.1) is 0 Å². The molecular formula is C13H13N3. The number of aromatic nitrogens is 2. The molecule has 0 unspecified atom stereocenters. The second-order valence-electron chi connectivity index (χ2n) is 3.81. The van der Waals surface area contributed by atoms with E-state index in [1.165, 1.54) is 5.56 Å². The van der Waals surface area contributed by atoms with Crippen LogP contribution in [0, 0.1) is 25.2 Å². The van der Waals surface area contributed by atoms with Crippen LogP contribution in [-0.2, 0) is 6.42 Å². The molecule has 16 heavy (non-hydrogen) atoms. The van der Waals surface area contributed by atoms with Gasteiger partial charge in [0.25, 0.3) is 0 Å². The molecule has 3 heteroatoms. The van der Waals surface area contributed by atoms with Gasteiger partial charge in [0.2, 0.25) is 0 Å². The number of hydrogen-bond donors (Lipinski definition) is 0. The topological polar surface area (TPSA) is 41.6 Å². The molecule has 0 aliphatic rings. The number of rotatable bonds is 2. The first-order valence-electron chi connectivity index (χ1n) is 5.20. The summed E-state index contributed by atoms with van der Waals surface area (Å²) in [7, 11) is 0. The lowest BCUT2D eigenvalue weighted by atomic mass is 10.2. The fourth-order valence-corrected chi connectivity index (χ4v) is 1.70. The van der Waals surface area contributed by atoms with E-state index >= 15 is 0 Å². The van der Waals surface area contributed by atoms with Crippen molar-refractivity contribution in [3.63, 3.8) is 0 Å². The fourth-order valence-electron chi connectivity index (χ4n) is 1.70. The van der Waals surface area contributed by atoms with Crippen LogP contribution in [0.25, 0.3) is 5.69 Å². The van der Waals surface area contributed by atoms with Gasteiger partial charge in [0.1, 0.15) is 0 Å². The molecule has 0 aliphatic carbocycles. The Labute approximate surface area is 94.9 Å². The Balaban J connectivity index is 2.46. The van der Waals surface area contributed by atoms with E-state index in [2.05, 4.69) is 24.2 Å². The Morgan fingerprint density at radius 3 is 2.75 bits per heavy atom. The molecule has 0 saturated heterocycles. The van der Waals surface area contributed by atoms with Crippen LogP contribution in [0.3, 0.4) is 0 Å². The molecule has 0 saturated carbocycles. The Kier molecular flexibility index (Phi) is 2.74. The van der Waals surface area contributed by atoms with Gasteiger partial charge in [-0.1, -0.05) is 18.2 Å². The van der Waals surface area contributed by atoms with Crippen molar-refractivity contribution in [1.82, 2.24) is 9.78 Å². The zero-order chi connectivity index (χ0) is 11.5. The average molecular weight is 211 g/mol. The minimum absolute atomic E-state index is 0.414. The fraction of sp³-hybridized carbons (Fsp3) is 0.231. The van der Waals surface area contributed by atoms with Crippen LogP contribution < -0.4 is 0 Å². The molecular weight excluding hydrogens is 198 g/mol. The maximum atomic E-state index is 8.69. The zero-order valence-corrected chi connectivity index (χ0v) is 9.44. The van der Waals surface area contributed by atoms with Gasteiger partial charge in [0.05, 0.1) is 23.9 Å². The highest BCUT2D eigenvalue weighted by Crippen LogP contribution is 2.15. The van der Waals surface area contributed by atoms with Crippen LogP contribution >= 0.6 is 0 Å². The number of nitrogens with zero attached hydrogens (tertiary/aromatic N) is 3. The van der Waals surface area contributed by atoms with Gasteiger partial charge in [-0.2, -0.15) is 10.4 Å². The predicted octanol–water partition coefficient (Wildman–Crippen LogP) is 2.56. The van der Waals surface area contributed by atoms with E-state index in [1.807, 2.05) is 36.0 Å². The number of aryl methyl sites for hydroxylation is 2.